The Hall–Kier alpha value is -1.30. The van der Waals surface area contributed by atoms with E-state index in [1.54, 1.807) is 12.1 Å². The molecule has 1 amide bonds. The van der Waals surface area contributed by atoms with Crippen LogP contribution in [-0.2, 0) is 6.54 Å². The van der Waals surface area contributed by atoms with Crippen LogP contribution in [0.1, 0.15) is 15.9 Å². The van der Waals surface area contributed by atoms with E-state index in [2.05, 4.69) is 26.2 Å². The van der Waals surface area contributed by atoms with Gasteiger partial charge in [0.2, 0.25) is 0 Å². The molecule has 104 valence electrons. The number of nitrogens with one attached hydrogen (secondary N) is 1. The van der Waals surface area contributed by atoms with Crippen molar-refractivity contribution >= 4 is 50.9 Å². The molecule has 1 aromatic heterocycles. The molecule has 0 spiro atoms. The maximum Gasteiger partial charge on any atom is 0.256 e. The summed E-state index contributed by atoms with van der Waals surface area (Å²) in [7, 11) is 0. The number of nitrogen functional groups attached to an aromatic ring is 1. The molecule has 7 heteroatoms. The van der Waals surface area contributed by atoms with E-state index in [4.69, 9.17) is 28.9 Å². The van der Waals surface area contributed by atoms with Gasteiger partial charge in [-0.2, -0.15) is 0 Å². The van der Waals surface area contributed by atoms with Gasteiger partial charge in [0.1, 0.15) is 11.4 Å². The zero-order chi connectivity index (χ0) is 14.7. The number of pyridine rings is 1. The zero-order valence-electron chi connectivity index (χ0n) is 10.2. The van der Waals surface area contributed by atoms with Crippen LogP contribution in [0.2, 0.25) is 10.0 Å². The Bertz CT molecular complexity index is 647. The molecule has 4 nitrogen and oxygen atoms in total. The summed E-state index contributed by atoms with van der Waals surface area (Å²) in [6.45, 7) is 0.346. The quantitative estimate of drug-likeness (QED) is 0.861. The molecule has 0 aliphatic carbocycles. The predicted octanol–water partition coefficient (Wildman–Crippen LogP) is 3.66. The van der Waals surface area contributed by atoms with Crippen molar-refractivity contribution in [1.29, 1.82) is 0 Å². The lowest BCUT2D eigenvalue weighted by atomic mass is 10.2. The number of benzene rings is 1. The normalized spacial score (nSPS) is 10.3. The van der Waals surface area contributed by atoms with Crippen LogP contribution in [0, 0.1) is 0 Å². The summed E-state index contributed by atoms with van der Waals surface area (Å²) in [5.74, 6) is -0.289. The standard InChI is InChI=1S/C13H10BrCl2N3O/c14-9-6-18-12(17)10(11(9)16)13(20)19-5-7-1-3-8(15)4-2-7/h1-4,6H,5H2,(H2,17,18)(H,19,20). The molecule has 0 aliphatic heterocycles. The van der Waals surface area contributed by atoms with Crippen LogP contribution >= 0.6 is 39.1 Å². The number of halogens is 3. The Balaban J connectivity index is 2.13. The molecule has 0 saturated heterocycles. The van der Waals surface area contributed by atoms with Crippen LogP contribution in [0.25, 0.3) is 0 Å². The zero-order valence-corrected chi connectivity index (χ0v) is 13.3. The highest BCUT2D eigenvalue weighted by Crippen LogP contribution is 2.28. The molecule has 0 aliphatic rings. The fourth-order valence-corrected chi connectivity index (χ4v) is 2.23. The molecular weight excluding hydrogens is 365 g/mol. The van der Waals surface area contributed by atoms with Gasteiger partial charge >= 0.3 is 0 Å². The van der Waals surface area contributed by atoms with Crippen molar-refractivity contribution in [2.45, 2.75) is 6.54 Å². The molecule has 2 aromatic rings. The smallest absolute Gasteiger partial charge is 0.256 e. The summed E-state index contributed by atoms with van der Waals surface area (Å²) in [6, 6.07) is 7.16. The molecule has 0 radical (unpaired) electrons. The number of anilines is 1. The summed E-state index contributed by atoms with van der Waals surface area (Å²) in [5, 5.41) is 3.62. The number of amides is 1. The maximum absolute atomic E-state index is 12.1. The van der Waals surface area contributed by atoms with Gasteiger partial charge in [0.15, 0.2) is 0 Å². The molecule has 1 aromatic carbocycles. The second-order valence-electron chi connectivity index (χ2n) is 3.99. The molecule has 0 bridgehead atoms. The number of hydrogen-bond donors (Lipinski definition) is 2. The fraction of sp³-hybridized carbons (Fsp3) is 0.0769. The number of nitrogens with zero attached hydrogens (tertiary/aromatic N) is 1. The molecule has 20 heavy (non-hydrogen) atoms. The minimum Gasteiger partial charge on any atom is -0.383 e. The van der Waals surface area contributed by atoms with Crippen molar-refractivity contribution in [2.24, 2.45) is 0 Å². The largest absolute Gasteiger partial charge is 0.383 e. The third-order valence-electron chi connectivity index (χ3n) is 2.60. The summed E-state index contributed by atoms with van der Waals surface area (Å²) < 4.78 is 0.519. The second-order valence-corrected chi connectivity index (χ2v) is 5.66. The van der Waals surface area contributed by atoms with Gasteiger partial charge in [0.05, 0.1) is 9.50 Å². The van der Waals surface area contributed by atoms with E-state index < -0.39 is 0 Å². The van der Waals surface area contributed by atoms with Crippen molar-refractivity contribution in [3.05, 3.63) is 56.1 Å². The van der Waals surface area contributed by atoms with E-state index in [0.29, 0.717) is 16.0 Å². The summed E-state index contributed by atoms with van der Waals surface area (Å²) in [6.07, 6.45) is 1.45. The molecule has 2 rings (SSSR count). The minimum absolute atomic E-state index is 0.0896. The Morgan fingerprint density at radius 1 is 1.30 bits per heavy atom. The predicted molar refractivity (Wildman–Crippen MR) is 84.0 cm³/mol. The van der Waals surface area contributed by atoms with E-state index in [1.165, 1.54) is 6.20 Å². The van der Waals surface area contributed by atoms with Gasteiger partial charge in [0, 0.05) is 17.8 Å². The van der Waals surface area contributed by atoms with Gasteiger partial charge in [0.25, 0.3) is 5.91 Å². The maximum atomic E-state index is 12.1. The van der Waals surface area contributed by atoms with Gasteiger partial charge in [-0.1, -0.05) is 35.3 Å². The number of nitrogens with two attached hydrogens (primary N) is 1. The first-order chi connectivity index (χ1) is 9.49. The Kier molecular flexibility index (Phi) is 4.86. The van der Waals surface area contributed by atoms with Gasteiger partial charge in [-0.25, -0.2) is 4.98 Å². The van der Waals surface area contributed by atoms with Crippen molar-refractivity contribution < 1.29 is 4.79 Å². The van der Waals surface area contributed by atoms with Gasteiger partial charge in [-0.15, -0.1) is 0 Å². The van der Waals surface area contributed by atoms with E-state index in [-0.39, 0.29) is 22.3 Å². The number of rotatable bonds is 3. The molecule has 0 saturated carbocycles. The van der Waals surface area contributed by atoms with Crippen LogP contribution in [0.3, 0.4) is 0 Å². The lowest BCUT2D eigenvalue weighted by molar-refractivity contribution is 0.0951. The summed E-state index contributed by atoms with van der Waals surface area (Å²) >= 11 is 15.1. The van der Waals surface area contributed by atoms with Crippen molar-refractivity contribution in [1.82, 2.24) is 10.3 Å². The Morgan fingerprint density at radius 3 is 2.60 bits per heavy atom. The molecule has 0 atom stereocenters. The first-order valence-electron chi connectivity index (χ1n) is 5.61. The molecule has 3 N–H and O–H groups in total. The summed E-state index contributed by atoms with van der Waals surface area (Å²) in [5.41, 5.74) is 6.76. The van der Waals surface area contributed by atoms with E-state index in [9.17, 15) is 4.79 Å². The third-order valence-corrected chi connectivity index (χ3v) is 4.07. The highest BCUT2D eigenvalue weighted by Gasteiger charge is 2.17. The van der Waals surface area contributed by atoms with Crippen LogP contribution < -0.4 is 11.1 Å². The number of aromatic nitrogens is 1. The summed E-state index contributed by atoms with van der Waals surface area (Å²) in [4.78, 5) is 16.0. The van der Waals surface area contributed by atoms with Crippen molar-refractivity contribution in [2.75, 3.05) is 5.73 Å². The average Bonchev–Trinajstić information content (AvgIpc) is 2.43. The Morgan fingerprint density at radius 2 is 1.95 bits per heavy atom. The van der Waals surface area contributed by atoms with Gasteiger partial charge in [-0.05, 0) is 33.6 Å². The molecular formula is C13H10BrCl2N3O. The molecule has 0 unspecified atom stereocenters. The topological polar surface area (TPSA) is 68.0 Å². The van der Waals surface area contributed by atoms with Gasteiger partial charge < -0.3 is 11.1 Å². The second kappa shape index (κ2) is 6.43. The van der Waals surface area contributed by atoms with Crippen LogP contribution in [0.15, 0.2) is 34.9 Å². The van der Waals surface area contributed by atoms with Crippen molar-refractivity contribution in [3.8, 4) is 0 Å². The van der Waals surface area contributed by atoms with E-state index >= 15 is 0 Å². The fourth-order valence-electron chi connectivity index (χ4n) is 1.57. The monoisotopic (exact) mass is 373 g/mol. The number of carbonyl (C=O) groups excluding carboxylic acids is 1. The molecule has 0 fully saturated rings. The van der Waals surface area contributed by atoms with Gasteiger partial charge in [-0.3, -0.25) is 4.79 Å². The van der Waals surface area contributed by atoms with Crippen LogP contribution in [0.5, 0.6) is 0 Å². The highest BCUT2D eigenvalue weighted by molar-refractivity contribution is 9.10. The SMILES string of the molecule is Nc1ncc(Br)c(Cl)c1C(=O)NCc1ccc(Cl)cc1. The third kappa shape index (κ3) is 3.42. The number of carbonyl (C=O) groups is 1. The van der Waals surface area contributed by atoms with Crippen LogP contribution in [0.4, 0.5) is 5.82 Å². The first-order valence-corrected chi connectivity index (χ1v) is 7.16. The lowest BCUT2D eigenvalue weighted by Gasteiger charge is -2.09. The molecule has 1 heterocycles. The van der Waals surface area contributed by atoms with Crippen molar-refractivity contribution in [3.63, 3.8) is 0 Å². The average molecular weight is 375 g/mol. The Labute approximate surface area is 134 Å². The first kappa shape index (κ1) is 15.1. The highest BCUT2D eigenvalue weighted by atomic mass is 79.9. The van der Waals surface area contributed by atoms with E-state index in [0.717, 1.165) is 5.56 Å². The lowest BCUT2D eigenvalue weighted by Crippen LogP contribution is -2.24. The van der Waals surface area contributed by atoms with Crippen LogP contribution in [-0.4, -0.2) is 10.9 Å². The van der Waals surface area contributed by atoms with E-state index in [1.807, 2.05) is 12.1 Å². The number of hydrogen-bond acceptors (Lipinski definition) is 3. The minimum atomic E-state index is -0.378.